The number of hydrogen-bond acceptors (Lipinski definition) is 4. The van der Waals surface area contributed by atoms with Crippen LogP contribution in [0, 0.1) is 0 Å². The SMILES string of the molecule is O=C(O)C=Cc1cncc(C(=O)N2CCNC(=O)CC2)c1. The van der Waals surface area contributed by atoms with E-state index in [1.165, 1.54) is 18.5 Å². The largest absolute Gasteiger partial charge is 0.478 e. The molecule has 2 amide bonds. The first-order valence-corrected chi connectivity index (χ1v) is 6.48. The molecule has 1 aliphatic rings. The van der Waals surface area contributed by atoms with Crippen LogP contribution in [0.5, 0.6) is 0 Å². The Labute approximate surface area is 121 Å². The van der Waals surface area contributed by atoms with Crippen molar-refractivity contribution in [3.63, 3.8) is 0 Å². The van der Waals surface area contributed by atoms with E-state index in [-0.39, 0.29) is 18.2 Å². The summed E-state index contributed by atoms with van der Waals surface area (Å²) in [5, 5.41) is 11.3. The van der Waals surface area contributed by atoms with Gasteiger partial charge in [-0.15, -0.1) is 0 Å². The van der Waals surface area contributed by atoms with Gasteiger partial charge in [0.15, 0.2) is 0 Å². The van der Waals surface area contributed by atoms with Crippen molar-refractivity contribution in [2.24, 2.45) is 0 Å². The predicted octanol–water partition coefficient (Wildman–Crippen LogP) is 0.141. The molecule has 7 heteroatoms. The summed E-state index contributed by atoms with van der Waals surface area (Å²) in [5.74, 6) is -1.35. The molecule has 2 heterocycles. The molecule has 110 valence electrons. The number of carboxylic acids is 1. The van der Waals surface area contributed by atoms with Gasteiger partial charge in [-0.25, -0.2) is 4.79 Å². The predicted molar refractivity (Wildman–Crippen MR) is 74.4 cm³/mol. The van der Waals surface area contributed by atoms with E-state index in [0.29, 0.717) is 30.8 Å². The number of carboxylic acid groups (broad SMARTS) is 1. The molecule has 21 heavy (non-hydrogen) atoms. The molecule has 0 saturated carbocycles. The highest BCUT2D eigenvalue weighted by Gasteiger charge is 2.19. The zero-order chi connectivity index (χ0) is 15.2. The first-order valence-electron chi connectivity index (χ1n) is 6.48. The van der Waals surface area contributed by atoms with Crippen LogP contribution in [0.2, 0.25) is 0 Å². The quantitative estimate of drug-likeness (QED) is 0.771. The van der Waals surface area contributed by atoms with Gasteiger partial charge in [0.05, 0.1) is 5.56 Å². The molecule has 2 N–H and O–H groups in total. The molecule has 0 radical (unpaired) electrons. The summed E-state index contributed by atoms with van der Waals surface area (Å²) in [6.45, 7) is 1.23. The number of carbonyl (C=O) groups is 3. The second-order valence-corrected chi connectivity index (χ2v) is 4.57. The van der Waals surface area contributed by atoms with Gasteiger partial charge in [0, 0.05) is 44.5 Å². The number of aromatic nitrogens is 1. The number of aliphatic carboxylic acids is 1. The van der Waals surface area contributed by atoms with Crippen LogP contribution in [0.25, 0.3) is 6.08 Å². The lowest BCUT2D eigenvalue weighted by Crippen LogP contribution is -2.34. The minimum Gasteiger partial charge on any atom is -0.478 e. The summed E-state index contributed by atoms with van der Waals surface area (Å²) in [4.78, 5) is 39.6. The molecule has 1 aromatic heterocycles. The molecule has 0 spiro atoms. The third-order valence-electron chi connectivity index (χ3n) is 3.02. The number of carbonyl (C=O) groups excluding carboxylic acids is 2. The van der Waals surface area contributed by atoms with Crippen LogP contribution in [0.3, 0.4) is 0 Å². The lowest BCUT2D eigenvalue weighted by atomic mass is 10.1. The van der Waals surface area contributed by atoms with Crippen molar-refractivity contribution in [2.75, 3.05) is 19.6 Å². The lowest BCUT2D eigenvalue weighted by molar-refractivity contribution is -0.131. The number of hydrogen-bond donors (Lipinski definition) is 2. The molecule has 1 saturated heterocycles. The zero-order valence-electron chi connectivity index (χ0n) is 11.3. The summed E-state index contributed by atoms with van der Waals surface area (Å²) < 4.78 is 0. The van der Waals surface area contributed by atoms with E-state index in [1.807, 2.05) is 0 Å². The van der Waals surface area contributed by atoms with Crippen LogP contribution >= 0.6 is 0 Å². The fraction of sp³-hybridized carbons (Fsp3) is 0.286. The van der Waals surface area contributed by atoms with E-state index in [4.69, 9.17) is 5.11 Å². The van der Waals surface area contributed by atoms with E-state index in [1.54, 1.807) is 11.0 Å². The Morgan fingerprint density at radius 1 is 1.33 bits per heavy atom. The van der Waals surface area contributed by atoms with Crippen molar-refractivity contribution in [3.05, 3.63) is 35.7 Å². The van der Waals surface area contributed by atoms with Crippen molar-refractivity contribution in [1.82, 2.24) is 15.2 Å². The maximum Gasteiger partial charge on any atom is 0.328 e. The van der Waals surface area contributed by atoms with Gasteiger partial charge in [-0.3, -0.25) is 14.6 Å². The molecular formula is C14H15N3O4. The van der Waals surface area contributed by atoms with Crippen LogP contribution in [0.15, 0.2) is 24.5 Å². The molecular weight excluding hydrogens is 274 g/mol. The van der Waals surface area contributed by atoms with Crippen molar-refractivity contribution in [1.29, 1.82) is 0 Å². The van der Waals surface area contributed by atoms with Crippen molar-refractivity contribution in [3.8, 4) is 0 Å². The second-order valence-electron chi connectivity index (χ2n) is 4.57. The summed E-state index contributed by atoms with van der Waals surface area (Å²) in [6, 6.07) is 1.58. The maximum absolute atomic E-state index is 12.4. The first-order chi connectivity index (χ1) is 10.1. The summed E-state index contributed by atoms with van der Waals surface area (Å²) in [5.41, 5.74) is 0.907. The zero-order valence-corrected chi connectivity index (χ0v) is 11.3. The second kappa shape index (κ2) is 6.65. The molecule has 0 aromatic carbocycles. The number of nitrogens with one attached hydrogen (secondary N) is 1. The summed E-state index contributed by atoms with van der Waals surface area (Å²) in [6.07, 6.45) is 5.54. The maximum atomic E-state index is 12.4. The van der Waals surface area contributed by atoms with E-state index >= 15 is 0 Å². The van der Waals surface area contributed by atoms with Crippen molar-refractivity contribution in [2.45, 2.75) is 6.42 Å². The smallest absolute Gasteiger partial charge is 0.328 e. The van der Waals surface area contributed by atoms with Gasteiger partial charge in [0.25, 0.3) is 5.91 Å². The lowest BCUT2D eigenvalue weighted by Gasteiger charge is -2.19. The van der Waals surface area contributed by atoms with E-state index in [2.05, 4.69) is 10.3 Å². The van der Waals surface area contributed by atoms with Gasteiger partial charge in [0.2, 0.25) is 5.91 Å². The van der Waals surface area contributed by atoms with Crippen molar-refractivity contribution >= 4 is 23.9 Å². The topological polar surface area (TPSA) is 99.6 Å². The minimum atomic E-state index is -1.07. The fourth-order valence-electron chi connectivity index (χ4n) is 1.99. The van der Waals surface area contributed by atoms with Crippen LogP contribution in [-0.4, -0.2) is 52.4 Å². The first kappa shape index (κ1) is 14.7. The summed E-state index contributed by atoms with van der Waals surface area (Å²) in [7, 11) is 0. The van der Waals surface area contributed by atoms with Crippen LogP contribution in [0.4, 0.5) is 0 Å². The monoisotopic (exact) mass is 289 g/mol. The highest BCUT2D eigenvalue weighted by atomic mass is 16.4. The van der Waals surface area contributed by atoms with Gasteiger partial charge in [0.1, 0.15) is 0 Å². The average Bonchev–Trinajstić information content (AvgIpc) is 2.69. The van der Waals surface area contributed by atoms with Crippen LogP contribution in [-0.2, 0) is 9.59 Å². The molecule has 1 aromatic rings. The minimum absolute atomic E-state index is 0.0680. The summed E-state index contributed by atoms with van der Waals surface area (Å²) >= 11 is 0. The van der Waals surface area contributed by atoms with Crippen LogP contribution < -0.4 is 5.32 Å². The highest BCUT2D eigenvalue weighted by Crippen LogP contribution is 2.09. The molecule has 0 bridgehead atoms. The Bertz CT molecular complexity index is 598. The van der Waals surface area contributed by atoms with E-state index in [0.717, 1.165) is 6.08 Å². The fourth-order valence-corrected chi connectivity index (χ4v) is 1.99. The molecule has 0 atom stereocenters. The van der Waals surface area contributed by atoms with E-state index in [9.17, 15) is 14.4 Å². The Morgan fingerprint density at radius 3 is 2.90 bits per heavy atom. The average molecular weight is 289 g/mol. The standard InChI is InChI=1S/C14H15N3O4/c18-12-3-5-17(6-4-16-12)14(21)11-7-10(8-15-9-11)1-2-13(19)20/h1-2,7-9H,3-6H2,(H,16,18)(H,19,20). The Balaban J connectivity index is 2.13. The van der Waals surface area contributed by atoms with Crippen LogP contribution in [0.1, 0.15) is 22.3 Å². The van der Waals surface area contributed by atoms with Gasteiger partial charge in [-0.05, 0) is 17.7 Å². The van der Waals surface area contributed by atoms with Gasteiger partial charge < -0.3 is 15.3 Å². The number of nitrogens with zero attached hydrogens (tertiary/aromatic N) is 2. The molecule has 2 rings (SSSR count). The Kier molecular flexibility index (Phi) is 4.65. The third-order valence-corrected chi connectivity index (χ3v) is 3.02. The van der Waals surface area contributed by atoms with Gasteiger partial charge >= 0.3 is 5.97 Å². The third kappa shape index (κ3) is 4.13. The molecule has 7 nitrogen and oxygen atoms in total. The number of pyridine rings is 1. The van der Waals surface area contributed by atoms with E-state index < -0.39 is 5.97 Å². The Morgan fingerprint density at radius 2 is 2.14 bits per heavy atom. The highest BCUT2D eigenvalue weighted by molar-refractivity contribution is 5.95. The normalized spacial score (nSPS) is 15.6. The molecule has 0 aliphatic carbocycles. The molecule has 0 unspecified atom stereocenters. The number of amides is 2. The molecule has 1 aliphatic heterocycles. The van der Waals surface area contributed by atoms with Crippen molar-refractivity contribution < 1.29 is 19.5 Å². The Hall–Kier alpha value is -2.70. The van der Waals surface area contributed by atoms with Gasteiger partial charge in [-0.2, -0.15) is 0 Å². The molecule has 1 fully saturated rings. The van der Waals surface area contributed by atoms with Gasteiger partial charge in [-0.1, -0.05) is 0 Å². The number of rotatable bonds is 3.